The molecule has 3 nitrogen and oxygen atoms in total. The van der Waals surface area contributed by atoms with Crippen LogP contribution in [0.2, 0.25) is 0 Å². The van der Waals surface area contributed by atoms with Gasteiger partial charge in [-0.1, -0.05) is 25.1 Å². The Kier molecular flexibility index (Phi) is 4.60. The first-order valence-corrected chi connectivity index (χ1v) is 8.67. The second-order valence-electron chi connectivity index (χ2n) is 6.03. The molecule has 0 spiro atoms. The van der Waals surface area contributed by atoms with Gasteiger partial charge in [-0.2, -0.15) is 0 Å². The van der Waals surface area contributed by atoms with Crippen LogP contribution in [-0.4, -0.2) is 56.1 Å². The highest BCUT2D eigenvalue weighted by atomic mass is 32.1. The Morgan fingerprint density at radius 2 is 2.14 bits per heavy atom. The molecule has 0 bridgehead atoms. The average Bonchev–Trinajstić information content (AvgIpc) is 2.96. The summed E-state index contributed by atoms with van der Waals surface area (Å²) in [5.41, 5.74) is 1.46. The predicted molar refractivity (Wildman–Crippen MR) is 92.2 cm³/mol. The van der Waals surface area contributed by atoms with Crippen LogP contribution in [-0.2, 0) is 0 Å². The monoisotopic (exact) mass is 303 g/mol. The third-order valence-corrected chi connectivity index (χ3v) is 5.53. The smallest absolute Gasteiger partial charge is 0.0504 e. The van der Waals surface area contributed by atoms with Gasteiger partial charge < -0.3 is 10.2 Å². The Labute approximate surface area is 131 Å². The molecule has 2 heterocycles. The molecule has 1 N–H and O–H groups in total. The molecule has 0 amide bonds. The van der Waals surface area contributed by atoms with Crippen molar-refractivity contribution < 1.29 is 0 Å². The van der Waals surface area contributed by atoms with Crippen molar-refractivity contribution in [1.82, 2.24) is 15.1 Å². The van der Waals surface area contributed by atoms with Crippen LogP contribution in [0.3, 0.4) is 0 Å². The minimum Gasteiger partial charge on any atom is -0.309 e. The van der Waals surface area contributed by atoms with E-state index in [0.29, 0.717) is 12.1 Å². The molecule has 4 heteroatoms. The number of nitrogens with one attached hydrogen (secondary N) is 1. The number of piperazine rings is 1. The Morgan fingerprint density at radius 3 is 2.95 bits per heavy atom. The molecule has 2 atom stereocenters. The van der Waals surface area contributed by atoms with E-state index in [1.165, 1.54) is 15.6 Å². The third-order valence-electron chi connectivity index (χ3n) is 4.55. The van der Waals surface area contributed by atoms with Crippen LogP contribution >= 0.6 is 11.3 Å². The first-order chi connectivity index (χ1) is 10.2. The van der Waals surface area contributed by atoms with Gasteiger partial charge in [0.1, 0.15) is 0 Å². The van der Waals surface area contributed by atoms with E-state index < -0.39 is 0 Å². The van der Waals surface area contributed by atoms with Gasteiger partial charge in [-0.15, -0.1) is 11.3 Å². The molecule has 0 aliphatic carbocycles. The number of benzene rings is 1. The van der Waals surface area contributed by atoms with Crippen LogP contribution < -0.4 is 5.32 Å². The van der Waals surface area contributed by atoms with Crippen molar-refractivity contribution >= 4 is 21.4 Å². The van der Waals surface area contributed by atoms with Crippen LogP contribution in [0.5, 0.6) is 0 Å². The summed E-state index contributed by atoms with van der Waals surface area (Å²) in [7, 11) is 4.49. The maximum atomic E-state index is 3.74. The molecule has 3 rings (SSSR count). The van der Waals surface area contributed by atoms with E-state index >= 15 is 0 Å². The maximum Gasteiger partial charge on any atom is 0.0504 e. The zero-order valence-electron chi connectivity index (χ0n) is 13.2. The molecule has 21 heavy (non-hydrogen) atoms. The first-order valence-electron chi connectivity index (χ1n) is 7.79. The van der Waals surface area contributed by atoms with E-state index in [1.807, 2.05) is 11.3 Å². The van der Waals surface area contributed by atoms with Crippen molar-refractivity contribution in [3.8, 4) is 0 Å². The summed E-state index contributed by atoms with van der Waals surface area (Å²) < 4.78 is 1.44. The number of likely N-dealkylation sites (N-methyl/N-ethyl adjacent to an activating group) is 3. The van der Waals surface area contributed by atoms with Crippen LogP contribution in [0.15, 0.2) is 29.6 Å². The lowest BCUT2D eigenvalue weighted by atomic mass is 9.95. The van der Waals surface area contributed by atoms with E-state index in [1.54, 1.807) is 0 Å². The topological polar surface area (TPSA) is 18.5 Å². The van der Waals surface area contributed by atoms with Crippen LogP contribution in [0, 0.1) is 0 Å². The molecule has 2 aromatic rings. The number of nitrogens with zero attached hydrogens (tertiary/aromatic N) is 2. The quantitative estimate of drug-likeness (QED) is 0.937. The minimum atomic E-state index is 0.394. The van der Waals surface area contributed by atoms with Crippen molar-refractivity contribution in [3.63, 3.8) is 0 Å². The zero-order valence-corrected chi connectivity index (χ0v) is 14.0. The molecular formula is C17H25N3S. The molecule has 1 fully saturated rings. The Bertz CT molecular complexity index is 594. The van der Waals surface area contributed by atoms with Crippen LogP contribution in [0.4, 0.5) is 0 Å². The van der Waals surface area contributed by atoms with Crippen LogP contribution in [0.1, 0.15) is 18.5 Å². The van der Waals surface area contributed by atoms with E-state index in [9.17, 15) is 0 Å². The molecule has 1 aromatic carbocycles. The Hall–Kier alpha value is -0.940. The number of fused-ring (bicyclic) bond motifs is 1. The molecule has 0 radical (unpaired) electrons. The molecule has 1 aliphatic heterocycles. The predicted octanol–water partition coefficient (Wildman–Crippen LogP) is 2.80. The van der Waals surface area contributed by atoms with Crippen molar-refractivity contribution in [3.05, 3.63) is 35.2 Å². The lowest BCUT2D eigenvalue weighted by molar-refractivity contribution is 0.0884. The van der Waals surface area contributed by atoms with Crippen LogP contribution in [0.25, 0.3) is 10.1 Å². The number of rotatable bonds is 4. The standard InChI is InChI=1S/C17H25N3S/c1-4-18-16(15-12-19(2)9-10-20(15)3)14-7-5-6-13-8-11-21-17(13)14/h5-8,11,15-16,18H,4,9-10,12H2,1-3H3. The number of hydrogen-bond acceptors (Lipinski definition) is 4. The molecular weight excluding hydrogens is 278 g/mol. The van der Waals surface area contributed by atoms with E-state index in [-0.39, 0.29) is 0 Å². The molecule has 114 valence electrons. The van der Waals surface area contributed by atoms with Gasteiger partial charge in [0.15, 0.2) is 0 Å². The van der Waals surface area contributed by atoms with Gasteiger partial charge in [0.25, 0.3) is 0 Å². The third kappa shape index (κ3) is 2.99. The second-order valence-corrected chi connectivity index (χ2v) is 6.95. The van der Waals surface area contributed by atoms with Crippen molar-refractivity contribution in [2.75, 3.05) is 40.3 Å². The Morgan fingerprint density at radius 1 is 1.29 bits per heavy atom. The van der Waals surface area contributed by atoms with Gasteiger partial charge >= 0.3 is 0 Å². The molecule has 2 unspecified atom stereocenters. The fourth-order valence-corrected chi connectivity index (χ4v) is 4.29. The highest BCUT2D eigenvalue weighted by molar-refractivity contribution is 7.17. The highest BCUT2D eigenvalue weighted by Gasteiger charge is 2.31. The second kappa shape index (κ2) is 6.44. The van der Waals surface area contributed by atoms with Gasteiger partial charge in [0.2, 0.25) is 0 Å². The van der Waals surface area contributed by atoms with Crippen molar-refractivity contribution in [2.45, 2.75) is 19.0 Å². The molecule has 1 aliphatic rings. The summed E-state index contributed by atoms with van der Waals surface area (Å²) in [4.78, 5) is 4.96. The van der Waals surface area contributed by atoms with Gasteiger partial charge in [-0.25, -0.2) is 0 Å². The zero-order chi connectivity index (χ0) is 14.8. The van der Waals surface area contributed by atoms with E-state index in [0.717, 1.165) is 26.2 Å². The first kappa shape index (κ1) is 15.0. The normalized spacial score (nSPS) is 22.7. The van der Waals surface area contributed by atoms with Gasteiger partial charge in [0.05, 0.1) is 6.04 Å². The summed E-state index contributed by atoms with van der Waals surface area (Å²) >= 11 is 1.86. The van der Waals surface area contributed by atoms with Gasteiger partial charge in [0, 0.05) is 30.4 Å². The van der Waals surface area contributed by atoms with Gasteiger partial charge in [-0.05, 0) is 43.0 Å². The Balaban J connectivity index is 1.99. The SMILES string of the molecule is CCNC(c1cccc2ccsc12)C1CN(C)CCN1C. The summed E-state index contributed by atoms with van der Waals surface area (Å²) in [6.07, 6.45) is 0. The number of thiophene rings is 1. The summed E-state index contributed by atoms with van der Waals surface area (Å²) in [6, 6.07) is 9.86. The summed E-state index contributed by atoms with van der Waals surface area (Å²) in [6.45, 7) is 6.63. The maximum absolute atomic E-state index is 3.74. The summed E-state index contributed by atoms with van der Waals surface area (Å²) in [5, 5.41) is 7.31. The molecule has 1 saturated heterocycles. The van der Waals surface area contributed by atoms with E-state index in [4.69, 9.17) is 0 Å². The lowest BCUT2D eigenvalue weighted by Gasteiger charge is -2.42. The fourth-order valence-electron chi connectivity index (χ4n) is 3.34. The fraction of sp³-hybridized carbons (Fsp3) is 0.529. The lowest BCUT2D eigenvalue weighted by Crippen LogP contribution is -2.55. The summed E-state index contributed by atoms with van der Waals surface area (Å²) in [5.74, 6) is 0. The molecule has 0 saturated carbocycles. The minimum absolute atomic E-state index is 0.394. The largest absolute Gasteiger partial charge is 0.309 e. The van der Waals surface area contributed by atoms with Gasteiger partial charge in [-0.3, -0.25) is 4.90 Å². The molecule has 1 aromatic heterocycles. The van der Waals surface area contributed by atoms with Crippen molar-refractivity contribution in [2.24, 2.45) is 0 Å². The number of hydrogen-bond donors (Lipinski definition) is 1. The van der Waals surface area contributed by atoms with E-state index in [2.05, 4.69) is 65.8 Å². The highest BCUT2D eigenvalue weighted by Crippen LogP contribution is 2.32. The van der Waals surface area contributed by atoms with Crippen molar-refractivity contribution in [1.29, 1.82) is 0 Å². The average molecular weight is 303 g/mol.